The van der Waals surface area contributed by atoms with Gasteiger partial charge in [-0.25, -0.2) is 0 Å². The summed E-state index contributed by atoms with van der Waals surface area (Å²) in [5, 5.41) is 22.8. The van der Waals surface area contributed by atoms with E-state index < -0.39 is 68.7 Å². The lowest BCUT2D eigenvalue weighted by molar-refractivity contribution is -0.385. The van der Waals surface area contributed by atoms with Gasteiger partial charge in [0.15, 0.2) is 0 Å². The molecule has 0 fully saturated rings. The van der Waals surface area contributed by atoms with E-state index in [2.05, 4.69) is 0 Å². The van der Waals surface area contributed by atoms with Gasteiger partial charge < -0.3 is 0 Å². The lowest BCUT2D eigenvalue weighted by Crippen LogP contribution is -2.13. The van der Waals surface area contributed by atoms with Crippen LogP contribution in [-0.2, 0) is 25.2 Å². The van der Waals surface area contributed by atoms with E-state index in [1.165, 1.54) is 24.3 Å². The minimum atomic E-state index is -4.92. The molecule has 0 saturated heterocycles. The van der Waals surface area contributed by atoms with E-state index >= 15 is 0 Å². The zero-order valence-electron chi connectivity index (χ0n) is 17.0. The lowest BCUT2D eigenvalue weighted by atomic mass is 9.90. The zero-order valence-corrected chi connectivity index (χ0v) is 17.0. The fourth-order valence-corrected chi connectivity index (χ4v) is 3.68. The average molecular weight is 484 g/mol. The van der Waals surface area contributed by atoms with E-state index in [4.69, 9.17) is 0 Å². The molecule has 3 aromatic rings. The van der Waals surface area contributed by atoms with Gasteiger partial charge in [-0.3, -0.25) is 20.2 Å². The molecule has 0 radical (unpaired) electrons. The first kappa shape index (κ1) is 24.7. The van der Waals surface area contributed by atoms with Gasteiger partial charge in [0, 0.05) is 36.1 Å². The first-order chi connectivity index (χ1) is 15.8. The van der Waals surface area contributed by atoms with Gasteiger partial charge in [-0.1, -0.05) is 36.4 Å². The normalized spacial score (nSPS) is 11.9. The van der Waals surface area contributed by atoms with Gasteiger partial charge in [0.25, 0.3) is 11.4 Å². The number of alkyl halides is 6. The Morgan fingerprint density at radius 1 is 0.588 bits per heavy atom. The molecule has 34 heavy (non-hydrogen) atoms. The second kappa shape index (κ2) is 9.12. The third kappa shape index (κ3) is 5.16. The zero-order chi connectivity index (χ0) is 25.3. The van der Waals surface area contributed by atoms with Gasteiger partial charge in [-0.05, 0) is 23.3 Å². The van der Waals surface area contributed by atoms with E-state index in [9.17, 15) is 46.6 Å². The molecule has 0 atom stereocenters. The second-order valence-corrected chi connectivity index (χ2v) is 7.24. The highest BCUT2D eigenvalue weighted by atomic mass is 19.4. The lowest BCUT2D eigenvalue weighted by Gasteiger charge is -2.17. The van der Waals surface area contributed by atoms with Gasteiger partial charge in [0.1, 0.15) is 0 Å². The van der Waals surface area contributed by atoms with Crippen LogP contribution in [0.25, 0.3) is 0 Å². The number of hydrogen-bond acceptors (Lipinski definition) is 4. The topological polar surface area (TPSA) is 86.3 Å². The fourth-order valence-electron chi connectivity index (χ4n) is 3.68. The Bertz CT molecular complexity index is 1160. The third-order valence-corrected chi connectivity index (χ3v) is 5.16. The molecule has 0 amide bonds. The number of rotatable bonds is 6. The smallest absolute Gasteiger partial charge is 0.258 e. The molecule has 0 heterocycles. The number of nitro groups is 2. The Hall–Kier alpha value is -3.96. The first-order valence-electron chi connectivity index (χ1n) is 9.54. The quantitative estimate of drug-likeness (QED) is 0.221. The minimum absolute atomic E-state index is 0.0635. The van der Waals surface area contributed by atoms with Gasteiger partial charge in [-0.2, -0.15) is 26.3 Å². The maximum absolute atomic E-state index is 13.5. The van der Waals surface area contributed by atoms with E-state index in [0.717, 1.165) is 24.3 Å². The molecule has 6 nitrogen and oxygen atoms in total. The molecule has 0 aromatic heterocycles. The van der Waals surface area contributed by atoms with E-state index in [-0.39, 0.29) is 11.1 Å². The SMILES string of the molecule is O=[N+]([O-])c1cccc(C(F)(F)F)c1Cc1ccccc1Cc1c([N+](=O)[O-])cccc1C(F)(F)F. The molecule has 0 spiro atoms. The summed E-state index contributed by atoms with van der Waals surface area (Å²) >= 11 is 0. The molecule has 0 bridgehead atoms. The highest BCUT2D eigenvalue weighted by Crippen LogP contribution is 2.39. The van der Waals surface area contributed by atoms with Crippen LogP contribution in [0.4, 0.5) is 37.7 Å². The van der Waals surface area contributed by atoms with Gasteiger partial charge in [0.05, 0.1) is 21.0 Å². The summed E-state index contributed by atoms with van der Waals surface area (Å²) in [6.07, 6.45) is -11.1. The van der Waals surface area contributed by atoms with Gasteiger partial charge in [0.2, 0.25) is 0 Å². The van der Waals surface area contributed by atoms with Gasteiger partial charge in [-0.15, -0.1) is 0 Å². The Labute approximate surface area is 187 Å². The Kier molecular flexibility index (Phi) is 6.62. The largest absolute Gasteiger partial charge is 0.416 e. The van der Waals surface area contributed by atoms with Crippen molar-refractivity contribution in [3.05, 3.63) is 114 Å². The van der Waals surface area contributed by atoms with Crippen molar-refractivity contribution in [2.75, 3.05) is 0 Å². The predicted molar refractivity (Wildman–Crippen MR) is 108 cm³/mol. The van der Waals surface area contributed by atoms with Crippen molar-refractivity contribution in [1.29, 1.82) is 0 Å². The summed E-state index contributed by atoms with van der Waals surface area (Å²) < 4.78 is 81.3. The minimum Gasteiger partial charge on any atom is -0.258 e. The van der Waals surface area contributed by atoms with Gasteiger partial charge >= 0.3 is 12.4 Å². The molecule has 12 heteroatoms. The molecule has 0 aliphatic carbocycles. The Balaban J connectivity index is 2.16. The maximum atomic E-state index is 13.5. The Morgan fingerprint density at radius 3 is 1.24 bits per heavy atom. The van der Waals surface area contributed by atoms with Crippen molar-refractivity contribution in [2.45, 2.75) is 25.2 Å². The van der Waals surface area contributed by atoms with Crippen molar-refractivity contribution in [2.24, 2.45) is 0 Å². The van der Waals surface area contributed by atoms with Crippen LogP contribution in [0.15, 0.2) is 60.7 Å². The molecule has 3 rings (SSSR count). The third-order valence-electron chi connectivity index (χ3n) is 5.16. The van der Waals surface area contributed by atoms with Crippen molar-refractivity contribution in [3.63, 3.8) is 0 Å². The average Bonchev–Trinajstić information content (AvgIpc) is 2.73. The summed E-state index contributed by atoms with van der Waals surface area (Å²) in [6.45, 7) is 0. The molecule has 3 aromatic carbocycles. The number of nitro benzene ring substituents is 2. The van der Waals surface area contributed by atoms with Crippen LogP contribution >= 0.6 is 0 Å². The van der Waals surface area contributed by atoms with E-state index in [0.29, 0.717) is 12.1 Å². The van der Waals surface area contributed by atoms with Crippen LogP contribution < -0.4 is 0 Å². The molecule has 0 unspecified atom stereocenters. The summed E-state index contributed by atoms with van der Waals surface area (Å²) in [5.41, 5.74) is -5.30. The summed E-state index contributed by atoms with van der Waals surface area (Å²) in [7, 11) is 0. The summed E-state index contributed by atoms with van der Waals surface area (Å²) in [6, 6.07) is 10.4. The van der Waals surface area contributed by atoms with Crippen molar-refractivity contribution in [1.82, 2.24) is 0 Å². The highest BCUT2D eigenvalue weighted by Gasteiger charge is 2.38. The van der Waals surface area contributed by atoms with Crippen LogP contribution in [-0.4, -0.2) is 9.85 Å². The Morgan fingerprint density at radius 2 is 0.941 bits per heavy atom. The van der Waals surface area contributed by atoms with Crippen LogP contribution in [0.3, 0.4) is 0 Å². The molecular weight excluding hydrogens is 470 g/mol. The number of hydrogen-bond donors (Lipinski definition) is 0. The van der Waals surface area contributed by atoms with Crippen LogP contribution in [0, 0.1) is 20.2 Å². The number of nitrogens with zero attached hydrogens (tertiary/aromatic N) is 2. The van der Waals surface area contributed by atoms with E-state index in [1.54, 1.807) is 0 Å². The van der Waals surface area contributed by atoms with Crippen LogP contribution in [0.2, 0.25) is 0 Å². The number of benzene rings is 3. The van der Waals surface area contributed by atoms with Crippen LogP contribution in [0.1, 0.15) is 33.4 Å². The molecule has 0 N–H and O–H groups in total. The summed E-state index contributed by atoms with van der Waals surface area (Å²) in [4.78, 5) is 20.8. The molecule has 0 aliphatic rings. The van der Waals surface area contributed by atoms with Crippen molar-refractivity contribution >= 4 is 11.4 Å². The molecule has 0 saturated carbocycles. The molecule has 178 valence electrons. The van der Waals surface area contributed by atoms with Crippen LogP contribution in [0.5, 0.6) is 0 Å². The maximum Gasteiger partial charge on any atom is 0.416 e. The highest BCUT2D eigenvalue weighted by molar-refractivity contribution is 5.53. The standard InChI is InChI=1S/C22H14F6N2O4/c23-21(24,25)17-7-3-9-19(29(31)32)15(17)11-13-5-1-2-6-14(13)12-16-18(22(26,27)28)8-4-10-20(16)30(33)34/h1-10H,11-12H2. The van der Waals surface area contributed by atoms with E-state index in [1.807, 2.05) is 0 Å². The van der Waals surface area contributed by atoms with Crippen molar-refractivity contribution in [3.8, 4) is 0 Å². The summed E-state index contributed by atoms with van der Waals surface area (Å²) in [5.74, 6) is 0. The fraction of sp³-hybridized carbons (Fsp3) is 0.182. The molecule has 0 aliphatic heterocycles. The number of halogens is 6. The van der Waals surface area contributed by atoms with Crippen molar-refractivity contribution < 1.29 is 36.2 Å². The first-order valence-corrected chi connectivity index (χ1v) is 9.54. The second-order valence-electron chi connectivity index (χ2n) is 7.24. The predicted octanol–water partition coefficient (Wildman–Crippen LogP) is 6.72. The monoisotopic (exact) mass is 484 g/mol. The molecular formula is C22H14F6N2O4.